The molecule has 1 aromatic carbocycles. The molecule has 0 saturated heterocycles. The molecule has 0 atom stereocenters. The van der Waals surface area contributed by atoms with Gasteiger partial charge in [0.1, 0.15) is 11.6 Å². The van der Waals surface area contributed by atoms with Crippen molar-refractivity contribution in [3.8, 4) is 11.3 Å². The van der Waals surface area contributed by atoms with E-state index in [1.165, 1.54) is 5.39 Å². The van der Waals surface area contributed by atoms with Gasteiger partial charge < -0.3 is 15.7 Å². The predicted octanol–water partition coefficient (Wildman–Crippen LogP) is 4.03. The van der Waals surface area contributed by atoms with Gasteiger partial charge >= 0.3 is 0 Å². The molecular formula is C18H19N5. The van der Waals surface area contributed by atoms with Crippen LogP contribution >= 0.6 is 0 Å². The zero-order valence-electron chi connectivity index (χ0n) is 13.1. The molecule has 0 spiro atoms. The van der Waals surface area contributed by atoms with Crippen molar-refractivity contribution in [1.82, 2.24) is 19.9 Å². The fraction of sp³-hybridized carbons (Fsp3) is 0.222. The van der Waals surface area contributed by atoms with Crippen molar-refractivity contribution in [2.45, 2.75) is 26.2 Å². The van der Waals surface area contributed by atoms with Crippen molar-refractivity contribution in [1.29, 1.82) is 0 Å². The third-order valence-electron chi connectivity index (χ3n) is 4.12. The van der Waals surface area contributed by atoms with Gasteiger partial charge in [-0.1, -0.05) is 31.5 Å². The number of hydrogen-bond donors (Lipinski definition) is 3. The molecule has 3 heterocycles. The average molecular weight is 305 g/mol. The van der Waals surface area contributed by atoms with Crippen LogP contribution in [0.3, 0.4) is 0 Å². The number of imidazole rings is 1. The van der Waals surface area contributed by atoms with E-state index < -0.39 is 0 Å². The topological polar surface area (TPSA) is 83.4 Å². The summed E-state index contributed by atoms with van der Waals surface area (Å²) in [7, 11) is 0. The maximum Gasteiger partial charge on any atom is 0.180 e. The molecule has 5 nitrogen and oxygen atoms in total. The Bertz CT molecular complexity index is 947. The van der Waals surface area contributed by atoms with Crippen LogP contribution in [0.1, 0.15) is 25.6 Å². The monoisotopic (exact) mass is 305 g/mol. The van der Waals surface area contributed by atoms with E-state index in [-0.39, 0.29) is 0 Å². The van der Waals surface area contributed by atoms with Gasteiger partial charge in [-0.3, -0.25) is 0 Å². The summed E-state index contributed by atoms with van der Waals surface area (Å²) in [6, 6.07) is 12.3. The quantitative estimate of drug-likeness (QED) is 0.532. The molecule has 0 radical (unpaired) electrons. The number of H-pyrrole nitrogens is 2. The van der Waals surface area contributed by atoms with Gasteiger partial charge in [-0.05, 0) is 24.6 Å². The molecule has 0 aliphatic heterocycles. The summed E-state index contributed by atoms with van der Waals surface area (Å²) < 4.78 is 0. The Balaban J connectivity index is 1.89. The first kappa shape index (κ1) is 13.8. The van der Waals surface area contributed by atoms with Gasteiger partial charge in [0.2, 0.25) is 0 Å². The maximum absolute atomic E-state index is 5.99. The highest BCUT2D eigenvalue weighted by Crippen LogP contribution is 2.30. The molecular weight excluding hydrogens is 286 g/mol. The second kappa shape index (κ2) is 5.43. The molecule has 3 aromatic heterocycles. The van der Waals surface area contributed by atoms with E-state index >= 15 is 0 Å². The average Bonchev–Trinajstić information content (AvgIpc) is 3.15. The van der Waals surface area contributed by atoms with Crippen LogP contribution in [-0.2, 0) is 6.42 Å². The van der Waals surface area contributed by atoms with Crippen LogP contribution in [0.15, 0.2) is 36.4 Å². The van der Waals surface area contributed by atoms with Crippen LogP contribution in [-0.4, -0.2) is 19.9 Å². The van der Waals surface area contributed by atoms with E-state index in [0.29, 0.717) is 11.5 Å². The molecule has 5 heteroatoms. The second-order valence-electron chi connectivity index (χ2n) is 5.85. The lowest BCUT2D eigenvalue weighted by molar-refractivity contribution is 0.764. The van der Waals surface area contributed by atoms with Gasteiger partial charge in [0.05, 0.1) is 5.52 Å². The number of fused-ring (bicyclic) bond motifs is 2. The number of nitrogens with zero attached hydrogens (tertiary/aromatic N) is 2. The van der Waals surface area contributed by atoms with E-state index in [2.05, 4.69) is 45.1 Å². The Morgan fingerprint density at radius 3 is 2.78 bits per heavy atom. The smallest absolute Gasteiger partial charge is 0.180 e. The molecule has 0 aliphatic rings. The van der Waals surface area contributed by atoms with Gasteiger partial charge in [0.25, 0.3) is 0 Å². The number of nitrogen functional groups attached to an aromatic ring is 1. The number of anilines is 1. The summed E-state index contributed by atoms with van der Waals surface area (Å²) in [6.07, 6.45) is 3.18. The number of benzene rings is 1. The molecule has 0 unspecified atom stereocenters. The highest BCUT2D eigenvalue weighted by atomic mass is 15.0. The molecule has 0 saturated carbocycles. The van der Waals surface area contributed by atoms with Gasteiger partial charge in [-0.15, -0.1) is 0 Å². The number of rotatable bonds is 4. The first-order valence-corrected chi connectivity index (χ1v) is 7.98. The first-order valence-electron chi connectivity index (χ1n) is 7.98. The third-order valence-corrected chi connectivity index (χ3v) is 4.12. The molecule has 4 N–H and O–H groups in total. The summed E-state index contributed by atoms with van der Waals surface area (Å²) >= 11 is 0. The summed E-state index contributed by atoms with van der Waals surface area (Å²) in [5, 5.41) is 1.18. The Hall–Kier alpha value is -2.82. The highest BCUT2D eigenvalue weighted by Gasteiger charge is 2.13. The van der Waals surface area contributed by atoms with Crippen LogP contribution in [0.25, 0.3) is 33.3 Å². The fourth-order valence-electron chi connectivity index (χ4n) is 2.95. The minimum atomic E-state index is 0.486. The second-order valence-corrected chi connectivity index (χ2v) is 5.85. The normalized spacial score (nSPS) is 11.5. The van der Waals surface area contributed by atoms with Crippen molar-refractivity contribution in [2.24, 2.45) is 0 Å². The minimum absolute atomic E-state index is 0.486. The third kappa shape index (κ3) is 2.44. The number of hydrogen-bond acceptors (Lipinski definition) is 3. The molecule has 0 amide bonds. The molecule has 0 fully saturated rings. The predicted molar refractivity (Wildman–Crippen MR) is 94.2 cm³/mol. The van der Waals surface area contributed by atoms with Crippen LogP contribution in [0.5, 0.6) is 0 Å². The number of nitrogens with two attached hydrogens (primary N) is 1. The van der Waals surface area contributed by atoms with Gasteiger partial charge in [-0.25, -0.2) is 9.97 Å². The summed E-state index contributed by atoms with van der Waals surface area (Å²) in [6.45, 7) is 2.18. The SMILES string of the molecule is CCCCc1nc2nc(N)cc(-c3cc4ccccc4[nH]3)c2[nH]1. The van der Waals surface area contributed by atoms with E-state index in [0.717, 1.165) is 47.4 Å². The van der Waals surface area contributed by atoms with Crippen LogP contribution in [0.4, 0.5) is 5.82 Å². The molecule has 4 rings (SSSR count). The van der Waals surface area contributed by atoms with Crippen molar-refractivity contribution in [3.05, 3.63) is 42.2 Å². The van der Waals surface area contributed by atoms with Crippen LogP contribution in [0, 0.1) is 0 Å². The minimum Gasteiger partial charge on any atom is -0.384 e. The van der Waals surface area contributed by atoms with Gasteiger partial charge in [-0.2, -0.15) is 0 Å². The van der Waals surface area contributed by atoms with Crippen molar-refractivity contribution >= 4 is 27.9 Å². The first-order chi connectivity index (χ1) is 11.2. The number of aromatic amines is 2. The van der Waals surface area contributed by atoms with E-state index in [1.807, 2.05) is 18.2 Å². The highest BCUT2D eigenvalue weighted by molar-refractivity contribution is 5.95. The number of aryl methyl sites for hydroxylation is 1. The lowest BCUT2D eigenvalue weighted by Crippen LogP contribution is -1.92. The number of para-hydroxylation sites is 1. The van der Waals surface area contributed by atoms with Crippen LogP contribution < -0.4 is 5.73 Å². The maximum atomic E-state index is 5.99. The van der Waals surface area contributed by atoms with Crippen LogP contribution in [0.2, 0.25) is 0 Å². The van der Waals surface area contributed by atoms with Crippen molar-refractivity contribution in [2.75, 3.05) is 5.73 Å². The molecule has 4 aromatic rings. The number of pyridine rings is 1. The lowest BCUT2D eigenvalue weighted by Gasteiger charge is -2.01. The van der Waals surface area contributed by atoms with Crippen molar-refractivity contribution < 1.29 is 0 Å². The summed E-state index contributed by atoms with van der Waals surface area (Å²) in [5.41, 5.74) is 10.8. The Morgan fingerprint density at radius 1 is 1.09 bits per heavy atom. The molecule has 0 bridgehead atoms. The summed E-state index contributed by atoms with van der Waals surface area (Å²) in [4.78, 5) is 15.8. The molecule has 0 aliphatic carbocycles. The van der Waals surface area contributed by atoms with E-state index in [4.69, 9.17) is 5.73 Å². The molecule has 116 valence electrons. The Kier molecular flexibility index (Phi) is 3.26. The molecule has 23 heavy (non-hydrogen) atoms. The largest absolute Gasteiger partial charge is 0.384 e. The Morgan fingerprint density at radius 2 is 1.96 bits per heavy atom. The standard InChI is InChI=1S/C18H19N5/c1-2-3-8-16-22-17-12(10-15(19)21-18(17)23-16)14-9-11-6-4-5-7-13(11)20-14/h4-7,9-10,20H,2-3,8H2,1H3,(H3,19,21,22,23). The number of aromatic nitrogens is 4. The van der Waals surface area contributed by atoms with E-state index in [9.17, 15) is 0 Å². The fourth-order valence-corrected chi connectivity index (χ4v) is 2.95. The number of unbranched alkanes of at least 4 members (excludes halogenated alkanes) is 1. The van der Waals surface area contributed by atoms with Gasteiger partial charge in [0, 0.05) is 28.6 Å². The lowest BCUT2D eigenvalue weighted by atomic mass is 10.1. The number of nitrogens with one attached hydrogen (secondary N) is 2. The Labute approximate surface area is 134 Å². The van der Waals surface area contributed by atoms with Crippen molar-refractivity contribution in [3.63, 3.8) is 0 Å². The van der Waals surface area contributed by atoms with E-state index in [1.54, 1.807) is 0 Å². The zero-order chi connectivity index (χ0) is 15.8. The van der Waals surface area contributed by atoms with Gasteiger partial charge in [0.15, 0.2) is 5.65 Å². The zero-order valence-corrected chi connectivity index (χ0v) is 13.1. The summed E-state index contributed by atoms with van der Waals surface area (Å²) in [5.74, 6) is 1.46.